The van der Waals surface area contributed by atoms with Crippen LogP contribution in [0.5, 0.6) is 11.5 Å². The summed E-state index contributed by atoms with van der Waals surface area (Å²) in [7, 11) is 3.11. The first-order valence-electron chi connectivity index (χ1n) is 8.76. The Balaban J connectivity index is 1.87. The van der Waals surface area contributed by atoms with E-state index in [9.17, 15) is 0 Å². The molecule has 8 heteroatoms. The molecule has 146 valence electrons. The number of hydrogen-bond acceptors (Lipinski definition) is 7. The molecule has 0 aliphatic heterocycles. The lowest BCUT2D eigenvalue weighted by atomic mass is 10.0. The molecule has 2 N–H and O–H groups in total. The molecule has 28 heavy (non-hydrogen) atoms. The largest absolute Gasteiger partial charge is 0.495 e. The Labute approximate surface area is 169 Å². The van der Waals surface area contributed by atoms with Gasteiger partial charge in [-0.15, -0.1) is 5.10 Å². The van der Waals surface area contributed by atoms with Gasteiger partial charge in [0.15, 0.2) is 5.82 Å². The quantitative estimate of drug-likeness (QED) is 0.568. The number of aromatic nitrogens is 3. The van der Waals surface area contributed by atoms with Crippen LogP contribution < -0.4 is 20.1 Å². The second-order valence-electron chi connectivity index (χ2n) is 6.34. The van der Waals surface area contributed by atoms with Gasteiger partial charge < -0.3 is 20.1 Å². The SMILES string of the molecule is COc1cc(Nc2nncc(Nc3ccccc3C(C)C)n2)c(OC)cc1Cl. The number of nitrogens with zero attached hydrogens (tertiary/aromatic N) is 3. The number of nitrogens with one attached hydrogen (secondary N) is 2. The summed E-state index contributed by atoms with van der Waals surface area (Å²) in [6.07, 6.45) is 1.57. The third-order valence-corrected chi connectivity index (χ3v) is 4.42. The number of benzene rings is 2. The standard InChI is InChI=1S/C20H22ClN5O2/c1-12(2)13-7-5-6-8-15(13)23-19-11-22-26-20(25-19)24-16-10-17(27-3)14(21)9-18(16)28-4/h5-12H,1-4H3,(H2,23,24,25,26). The highest BCUT2D eigenvalue weighted by Crippen LogP contribution is 2.37. The highest BCUT2D eigenvalue weighted by Gasteiger charge is 2.12. The van der Waals surface area contributed by atoms with Crippen LogP contribution in [-0.4, -0.2) is 29.4 Å². The number of methoxy groups -OCH3 is 2. The fraction of sp³-hybridized carbons (Fsp3) is 0.250. The molecule has 0 bridgehead atoms. The minimum absolute atomic E-state index is 0.315. The molecular formula is C20H22ClN5O2. The summed E-state index contributed by atoms with van der Waals surface area (Å²) in [6.45, 7) is 4.29. The van der Waals surface area contributed by atoms with Crippen molar-refractivity contribution < 1.29 is 9.47 Å². The van der Waals surface area contributed by atoms with Crippen molar-refractivity contribution in [2.45, 2.75) is 19.8 Å². The van der Waals surface area contributed by atoms with Crippen LogP contribution in [0.25, 0.3) is 0 Å². The summed E-state index contributed by atoms with van der Waals surface area (Å²) in [5.74, 6) is 2.32. The van der Waals surface area contributed by atoms with E-state index in [1.165, 1.54) is 5.56 Å². The van der Waals surface area contributed by atoms with E-state index in [1.54, 1.807) is 32.5 Å². The smallest absolute Gasteiger partial charge is 0.249 e. The minimum Gasteiger partial charge on any atom is -0.495 e. The lowest BCUT2D eigenvalue weighted by Crippen LogP contribution is -2.05. The van der Waals surface area contributed by atoms with E-state index >= 15 is 0 Å². The van der Waals surface area contributed by atoms with E-state index < -0.39 is 0 Å². The average Bonchev–Trinajstić information content (AvgIpc) is 2.69. The van der Waals surface area contributed by atoms with E-state index in [2.05, 4.69) is 45.7 Å². The molecule has 0 fully saturated rings. The second-order valence-corrected chi connectivity index (χ2v) is 6.75. The van der Waals surface area contributed by atoms with Crippen LogP contribution in [0.1, 0.15) is 25.3 Å². The molecule has 0 unspecified atom stereocenters. The van der Waals surface area contributed by atoms with Gasteiger partial charge in [0, 0.05) is 17.8 Å². The molecule has 2 aromatic carbocycles. The molecule has 0 radical (unpaired) electrons. The zero-order chi connectivity index (χ0) is 20.1. The van der Waals surface area contributed by atoms with E-state index in [-0.39, 0.29) is 0 Å². The normalized spacial score (nSPS) is 10.6. The van der Waals surface area contributed by atoms with Crippen LogP contribution >= 0.6 is 11.6 Å². The maximum Gasteiger partial charge on any atom is 0.249 e. The van der Waals surface area contributed by atoms with Crippen LogP contribution in [0.15, 0.2) is 42.6 Å². The second kappa shape index (κ2) is 8.75. The Morgan fingerprint density at radius 2 is 1.71 bits per heavy atom. The van der Waals surface area contributed by atoms with E-state index in [4.69, 9.17) is 21.1 Å². The van der Waals surface area contributed by atoms with Crippen LogP contribution in [0.4, 0.5) is 23.1 Å². The number of ether oxygens (including phenoxy) is 2. The zero-order valence-corrected chi connectivity index (χ0v) is 16.9. The van der Waals surface area contributed by atoms with Gasteiger partial charge in [0.2, 0.25) is 5.95 Å². The predicted octanol–water partition coefficient (Wildman–Crippen LogP) is 5.15. The highest BCUT2D eigenvalue weighted by molar-refractivity contribution is 6.32. The molecule has 1 aromatic heterocycles. The summed E-state index contributed by atoms with van der Waals surface area (Å²) in [5.41, 5.74) is 2.79. The molecule has 0 aliphatic rings. The minimum atomic E-state index is 0.315. The number of rotatable bonds is 7. The predicted molar refractivity (Wildman–Crippen MR) is 111 cm³/mol. The lowest BCUT2D eigenvalue weighted by molar-refractivity contribution is 0.405. The van der Waals surface area contributed by atoms with Crippen molar-refractivity contribution in [1.82, 2.24) is 15.2 Å². The third kappa shape index (κ3) is 4.43. The first-order chi connectivity index (χ1) is 13.5. The van der Waals surface area contributed by atoms with Crippen molar-refractivity contribution in [3.8, 4) is 11.5 Å². The molecule has 0 saturated heterocycles. The Hall–Kier alpha value is -3.06. The number of para-hydroxylation sites is 1. The van der Waals surface area contributed by atoms with Crippen molar-refractivity contribution in [3.05, 3.63) is 53.2 Å². The molecule has 7 nitrogen and oxygen atoms in total. The summed E-state index contributed by atoms with van der Waals surface area (Å²) >= 11 is 6.15. The first-order valence-corrected chi connectivity index (χ1v) is 9.13. The van der Waals surface area contributed by atoms with Gasteiger partial charge in [-0.25, -0.2) is 0 Å². The van der Waals surface area contributed by atoms with Gasteiger partial charge in [-0.05, 0) is 17.5 Å². The molecule has 0 saturated carbocycles. The topological polar surface area (TPSA) is 81.2 Å². The molecule has 0 amide bonds. The van der Waals surface area contributed by atoms with Crippen LogP contribution in [0.3, 0.4) is 0 Å². The highest BCUT2D eigenvalue weighted by atomic mass is 35.5. The van der Waals surface area contributed by atoms with Crippen molar-refractivity contribution in [2.75, 3.05) is 24.9 Å². The van der Waals surface area contributed by atoms with Crippen LogP contribution in [0.2, 0.25) is 5.02 Å². The van der Waals surface area contributed by atoms with Crippen molar-refractivity contribution in [2.24, 2.45) is 0 Å². The van der Waals surface area contributed by atoms with Crippen molar-refractivity contribution in [1.29, 1.82) is 0 Å². The van der Waals surface area contributed by atoms with Crippen molar-refractivity contribution in [3.63, 3.8) is 0 Å². The summed E-state index contributed by atoms with van der Waals surface area (Å²) < 4.78 is 10.6. The molecule has 0 spiro atoms. The number of anilines is 4. The Morgan fingerprint density at radius 1 is 0.964 bits per heavy atom. The van der Waals surface area contributed by atoms with Gasteiger partial charge in [-0.1, -0.05) is 43.6 Å². The first kappa shape index (κ1) is 19.7. The lowest BCUT2D eigenvalue weighted by Gasteiger charge is -2.15. The van der Waals surface area contributed by atoms with E-state index in [0.717, 1.165) is 5.69 Å². The van der Waals surface area contributed by atoms with Gasteiger partial charge >= 0.3 is 0 Å². The molecule has 1 heterocycles. The third-order valence-electron chi connectivity index (χ3n) is 4.12. The summed E-state index contributed by atoms with van der Waals surface area (Å²) in [6, 6.07) is 11.5. The van der Waals surface area contributed by atoms with Gasteiger partial charge in [-0.2, -0.15) is 10.1 Å². The van der Waals surface area contributed by atoms with E-state index in [0.29, 0.717) is 39.9 Å². The Morgan fingerprint density at radius 3 is 2.43 bits per heavy atom. The average molecular weight is 400 g/mol. The number of halogens is 1. The summed E-state index contributed by atoms with van der Waals surface area (Å²) in [5, 5.41) is 14.9. The van der Waals surface area contributed by atoms with Crippen LogP contribution in [0, 0.1) is 0 Å². The van der Waals surface area contributed by atoms with Gasteiger partial charge in [-0.3, -0.25) is 0 Å². The molecule has 3 aromatic rings. The molecule has 0 atom stereocenters. The fourth-order valence-electron chi connectivity index (χ4n) is 2.75. The Kier molecular flexibility index (Phi) is 6.16. The summed E-state index contributed by atoms with van der Waals surface area (Å²) in [4.78, 5) is 4.49. The molecule has 3 rings (SSSR count). The Bertz CT molecular complexity index is 965. The fourth-order valence-corrected chi connectivity index (χ4v) is 2.98. The van der Waals surface area contributed by atoms with Crippen molar-refractivity contribution >= 4 is 34.7 Å². The monoisotopic (exact) mass is 399 g/mol. The zero-order valence-electron chi connectivity index (χ0n) is 16.2. The van der Waals surface area contributed by atoms with Gasteiger partial charge in [0.25, 0.3) is 0 Å². The van der Waals surface area contributed by atoms with E-state index in [1.807, 2.05) is 18.2 Å². The maximum atomic E-state index is 6.15. The van der Waals surface area contributed by atoms with Gasteiger partial charge in [0.05, 0.1) is 31.1 Å². The van der Waals surface area contributed by atoms with Crippen LogP contribution in [-0.2, 0) is 0 Å². The van der Waals surface area contributed by atoms with Gasteiger partial charge in [0.1, 0.15) is 11.5 Å². The molecular weight excluding hydrogens is 378 g/mol. The number of hydrogen-bond donors (Lipinski definition) is 2. The maximum absolute atomic E-state index is 6.15. The molecule has 0 aliphatic carbocycles.